The molecule has 0 aliphatic heterocycles. The Balaban J connectivity index is 1.68. The second kappa shape index (κ2) is 7.43. The lowest BCUT2D eigenvalue weighted by atomic mass is 9.94. The molecule has 0 aromatic heterocycles. The first-order chi connectivity index (χ1) is 10.1. The first-order valence-electron chi connectivity index (χ1n) is 7.51. The Bertz CT molecular complexity index is 482. The van der Waals surface area contributed by atoms with Gasteiger partial charge in [0.15, 0.2) is 0 Å². The Morgan fingerprint density at radius 2 is 2.10 bits per heavy atom. The molecule has 0 atom stereocenters. The molecule has 1 aromatic rings. The number of nitrogens with two attached hydrogens (primary N) is 1. The van der Waals surface area contributed by atoms with Crippen LogP contribution < -0.4 is 11.1 Å². The highest BCUT2D eigenvalue weighted by atomic mass is 16.5. The smallest absolute Gasteiger partial charge is 0.251 e. The molecule has 5 nitrogen and oxygen atoms in total. The quantitative estimate of drug-likeness (QED) is 0.721. The highest BCUT2D eigenvalue weighted by Gasteiger charge is 2.18. The van der Waals surface area contributed by atoms with Gasteiger partial charge in [-0.25, -0.2) is 0 Å². The molecule has 1 fully saturated rings. The molecular formula is C16H24N2O3. The van der Waals surface area contributed by atoms with E-state index < -0.39 is 0 Å². The Hall–Kier alpha value is -1.59. The molecule has 0 saturated heterocycles. The average molecular weight is 292 g/mol. The van der Waals surface area contributed by atoms with Gasteiger partial charge < -0.3 is 20.9 Å². The summed E-state index contributed by atoms with van der Waals surface area (Å²) in [6.45, 7) is 2.76. The number of carbonyl (C=O) groups excluding carboxylic acids is 1. The largest absolute Gasteiger partial charge is 0.508 e. The van der Waals surface area contributed by atoms with Crippen LogP contribution in [0.1, 0.15) is 41.6 Å². The number of hydrogen-bond acceptors (Lipinski definition) is 4. The van der Waals surface area contributed by atoms with E-state index in [1.165, 1.54) is 6.07 Å². The van der Waals surface area contributed by atoms with Crippen molar-refractivity contribution >= 4 is 5.91 Å². The van der Waals surface area contributed by atoms with Gasteiger partial charge in [0.25, 0.3) is 5.91 Å². The summed E-state index contributed by atoms with van der Waals surface area (Å²) in [5.41, 5.74) is 7.06. The number of carbonyl (C=O) groups is 1. The number of ether oxygens (including phenoxy) is 1. The van der Waals surface area contributed by atoms with Crippen LogP contribution in [0.5, 0.6) is 5.75 Å². The summed E-state index contributed by atoms with van der Waals surface area (Å²) in [7, 11) is 0. The van der Waals surface area contributed by atoms with Crippen molar-refractivity contribution in [1.29, 1.82) is 0 Å². The summed E-state index contributed by atoms with van der Waals surface area (Å²) >= 11 is 0. The summed E-state index contributed by atoms with van der Waals surface area (Å²) in [6.07, 6.45) is 4.30. The molecule has 5 heteroatoms. The standard InChI is InChI=1S/C16H24N2O3/c1-11-2-3-12(10-15(11)19)16(20)18-8-9-21-14-6-4-13(17)5-7-14/h2-3,10,13-14,19H,4-9,17H2,1H3,(H,18,20). The molecule has 116 valence electrons. The van der Waals surface area contributed by atoms with Gasteiger partial charge in [0.1, 0.15) is 5.75 Å². The first-order valence-corrected chi connectivity index (χ1v) is 7.51. The van der Waals surface area contributed by atoms with E-state index >= 15 is 0 Å². The van der Waals surface area contributed by atoms with Crippen molar-refractivity contribution < 1.29 is 14.6 Å². The molecule has 2 rings (SSSR count). The van der Waals surface area contributed by atoms with Crippen molar-refractivity contribution in [2.24, 2.45) is 5.73 Å². The SMILES string of the molecule is Cc1ccc(C(=O)NCCOC2CCC(N)CC2)cc1O. The molecule has 1 saturated carbocycles. The van der Waals surface area contributed by atoms with Crippen LogP contribution in [0, 0.1) is 6.92 Å². The normalized spacial score (nSPS) is 22.0. The first kappa shape index (κ1) is 15.8. The van der Waals surface area contributed by atoms with E-state index in [9.17, 15) is 9.90 Å². The lowest BCUT2D eigenvalue weighted by molar-refractivity contribution is 0.0267. The molecule has 1 aliphatic rings. The molecular weight excluding hydrogens is 268 g/mol. The number of aryl methyl sites for hydroxylation is 1. The number of amides is 1. The van der Waals surface area contributed by atoms with Gasteiger partial charge in [0.2, 0.25) is 0 Å². The average Bonchev–Trinajstić information content (AvgIpc) is 2.48. The lowest BCUT2D eigenvalue weighted by Crippen LogP contribution is -2.33. The summed E-state index contributed by atoms with van der Waals surface area (Å²) in [5.74, 6) is -0.0583. The third-order valence-corrected chi connectivity index (χ3v) is 3.93. The number of nitrogens with one attached hydrogen (secondary N) is 1. The molecule has 21 heavy (non-hydrogen) atoms. The third-order valence-electron chi connectivity index (χ3n) is 3.93. The van der Waals surface area contributed by atoms with Crippen molar-refractivity contribution in [2.75, 3.05) is 13.2 Å². The number of aromatic hydroxyl groups is 1. The zero-order valence-electron chi connectivity index (χ0n) is 12.5. The van der Waals surface area contributed by atoms with Gasteiger partial charge in [-0.15, -0.1) is 0 Å². The van der Waals surface area contributed by atoms with Crippen LogP contribution in [0.2, 0.25) is 0 Å². The number of phenols is 1. The predicted octanol–water partition coefficient (Wildman–Crippen LogP) is 1.72. The summed E-state index contributed by atoms with van der Waals surface area (Å²) in [6, 6.07) is 5.23. The minimum atomic E-state index is -0.195. The van der Waals surface area contributed by atoms with Crippen molar-refractivity contribution in [2.45, 2.75) is 44.8 Å². The van der Waals surface area contributed by atoms with E-state index in [1.807, 2.05) is 0 Å². The monoisotopic (exact) mass is 292 g/mol. The molecule has 0 spiro atoms. The number of hydrogen-bond donors (Lipinski definition) is 3. The van der Waals surface area contributed by atoms with Gasteiger partial charge in [0.05, 0.1) is 12.7 Å². The summed E-state index contributed by atoms with van der Waals surface area (Å²) in [5, 5.41) is 12.4. The van der Waals surface area contributed by atoms with Gasteiger partial charge >= 0.3 is 0 Å². The number of rotatable bonds is 5. The van der Waals surface area contributed by atoms with Gasteiger partial charge in [-0.1, -0.05) is 6.07 Å². The van der Waals surface area contributed by atoms with Crippen LogP contribution in [0.25, 0.3) is 0 Å². The third kappa shape index (κ3) is 4.72. The molecule has 1 aromatic carbocycles. The summed E-state index contributed by atoms with van der Waals surface area (Å²) < 4.78 is 5.74. The van der Waals surface area contributed by atoms with E-state index in [1.54, 1.807) is 19.1 Å². The molecule has 0 unspecified atom stereocenters. The van der Waals surface area contributed by atoms with Gasteiger partial charge in [0, 0.05) is 18.2 Å². The fraction of sp³-hybridized carbons (Fsp3) is 0.562. The van der Waals surface area contributed by atoms with E-state index in [-0.39, 0.29) is 17.8 Å². The predicted molar refractivity (Wildman–Crippen MR) is 81.4 cm³/mol. The van der Waals surface area contributed by atoms with Crippen molar-refractivity contribution in [1.82, 2.24) is 5.32 Å². The number of benzene rings is 1. The maximum atomic E-state index is 11.9. The van der Waals surface area contributed by atoms with E-state index in [2.05, 4.69) is 5.32 Å². The van der Waals surface area contributed by atoms with Crippen molar-refractivity contribution in [3.8, 4) is 5.75 Å². The topological polar surface area (TPSA) is 84.6 Å². The second-order valence-electron chi connectivity index (χ2n) is 5.66. The molecule has 0 radical (unpaired) electrons. The Labute approximate surface area is 125 Å². The fourth-order valence-corrected chi connectivity index (χ4v) is 2.50. The maximum Gasteiger partial charge on any atom is 0.251 e. The molecule has 1 aliphatic carbocycles. The molecule has 4 N–H and O–H groups in total. The van der Waals surface area contributed by atoms with Crippen LogP contribution >= 0.6 is 0 Å². The van der Waals surface area contributed by atoms with E-state index in [0.717, 1.165) is 31.2 Å². The van der Waals surface area contributed by atoms with Crippen LogP contribution in [-0.2, 0) is 4.74 Å². The van der Waals surface area contributed by atoms with Crippen molar-refractivity contribution in [3.63, 3.8) is 0 Å². The zero-order valence-corrected chi connectivity index (χ0v) is 12.5. The molecule has 0 bridgehead atoms. The van der Waals surface area contributed by atoms with Gasteiger partial charge in [-0.2, -0.15) is 0 Å². The Morgan fingerprint density at radius 3 is 2.76 bits per heavy atom. The fourth-order valence-electron chi connectivity index (χ4n) is 2.50. The van der Waals surface area contributed by atoms with Crippen LogP contribution in [-0.4, -0.2) is 36.3 Å². The van der Waals surface area contributed by atoms with Crippen molar-refractivity contribution in [3.05, 3.63) is 29.3 Å². The second-order valence-corrected chi connectivity index (χ2v) is 5.66. The maximum absolute atomic E-state index is 11.9. The number of phenolic OH excluding ortho intramolecular Hbond substituents is 1. The Morgan fingerprint density at radius 1 is 1.38 bits per heavy atom. The molecule has 1 amide bonds. The minimum Gasteiger partial charge on any atom is -0.508 e. The highest BCUT2D eigenvalue weighted by Crippen LogP contribution is 2.19. The van der Waals surface area contributed by atoms with Gasteiger partial charge in [-0.05, 0) is 50.3 Å². The van der Waals surface area contributed by atoms with Gasteiger partial charge in [-0.3, -0.25) is 4.79 Å². The minimum absolute atomic E-state index is 0.137. The van der Waals surface area contributed by atoms with Crippen LogP contribution in [0.3, 0.4) is 0 Å². The zero-order chi connectivity index (χ0) is 15.2. The summed E-state index contributed by atoms with van der Waals surface area (Å²) in [4.78, 5) is 11.9. The van der Waals surface area contributed by atoms with E-state index in [4.69, 9.17) is 10.5 Å². The lowest BCUT2D eigenvalue weighted by Gasteiger charge is -2.26. The Kier molecular flexibility index (Phi) is 5.59. The van der Waals surface area contributed by atoms with Crippen LogP contribution in [0.4, 0.5) is 0 Å². The highest BCUT2D eigenvalue weighted by molar-refractivity contribution is 5.94. The van der Waals surface area contributed by atoms with Crippen LogP contribution in [0.15, 0.2) is 18.2 Å². The molecule has 0 heterocycles. The van der Waals surface area contributed by atoms with E-state index in [0.29, 0.717) is 24.8 Å².